The maximum absolute atomic E-state index is 12.9. The first-order valence-corrected chi connectivity index (χ1v) is 11.0. The Hall–Kier alpha value is -3.12. The molecule has 1 atom stereocenters. The minimum absolute atomic E-state index is 0.00720. The van der Waals surface area contributed by atoms with E-state index >= 15 is 0 Å². The van der Waals surface area contributed by atoms with Crippen LogP contribution in [0.15, 0.2) is 54.6 Å². The van der Waals surface area contributed by atoms with Crippen LogP contribution in [0.1, 0.15) is 42.4 Å². The van der Waals surface area contributed by atoms with Crippen LogP contribution in [-0.4, -0.2) is 41.3 Å². The molecule has 0 saturated carbocycles. The number of hydrogen-bond donors (Lipinski definition) is 1. The first kappa shape index (κ1) is 23.5. The van der Waals surface area contributed by atoms with Crippen molar-refractivity contribution in [1.29, 1.82) is 0 Å². The summed E-state index contributed by atoms with van der Waals surface area (Å²) in [5.74, 6) is 1.09. The smallest absolute Gasteiger partial charge is 0.234 e. The second-order valence-corrected chi connectivity index (χ2v) is 8.63. The van der Waals surface area contributed by atoms with E-state index in [4.69, 9.17) is 9.84 Å². The molecule has 1 heterocycles. The third kappa shape index (κ3) is 5.56. The largest absolute Gasteiger partial charge is 0.497 e. The lowest BCUT2D eigenvalue weighted by molar-refractivity contribution is -0.123. The third-order valence-electron chi connectivity index (χ3n) is 5.74. The summed E-state index contributed by atoms with van der Waals surface area (Å²) in [6.45, 7) is 9.30. The lowest BCUT2D eigenvalue weighted by atomic mass is 9.96. The van der Waals surface area contributed by atoms with Gasteiger partial charge in [0.2, 0.25) is 5.91 Å². The molecular formula is C26H34N4O2. The quantitative estimate of drug-likeness (QED) is 0.541. The maximum Gasteiger partial charge on any atom is 0.234 e. The van der Waals surface area contributed by atoms with Crippen molar-refractivity contribution in [3.63, 3.8) is 0 Å². The molecule has 32 heavy (non-hydrogen) atoms. The van der Waals surface area contributed by atoms with Crippen LogP contribution in [0.4, 0.5) is 0 Å². The molecule has 170 valence electrons. The second-order valence-electron chi connectivity index (χ2n) is 8.63. The molecule has 1 N–H and O–H groups in total. The Bertz CT molecular complexity index is 1030. The lowest BCUT2D eigenvalue weighted by Crippen LogP contribution is -2.38. The fraction of sp³-hybridized carbons (Fsp3) is 0.385. The van der Waals surface area contributed by atoms with E-state index in [2.05, 4.69) is 26.1 Å². The molecule has 6 heteroatoms. The van der Waals surface area contributed by atoms with Crippen LogP contribution in [0.5, 0.6) is 5.75 Å². The van der Waals surface area contributed by atoms with Crippen LogP contribution in [0.3, 0.4) is 0 Å². The molecule has 3 rings (SSSR count). The summed E-state index contributed by atoms with van der Waals surface area (Å²) in [5, 5.41) is 7.92. The molecule has 0 aliphatic heterocycles. The number of rotatable bonds is 9. The Morgan fingerprint density at radius 1 is 1.09 bits per heavy atom. The van der Waals surface area contributed by atoms with Crippen molar-refractivity contribution in [2.45, 2.75) is 40.3 Å². The van der Waals surface area contributed by atoms with Crippen molar-refractivity contribution >= 4 is 5.91 Å². The van der Waals surface area contributed by atoms with Gasteiger partial charge in [0.05, 0.1) is 31.1 Å². The number of carbonyl (C=O) groups is 1. The van der Waals surface area contributed by atoms with Gasteiger partial charge in [-0.15, -0.1) is 0 Å². The van der Waals surface area contributed by atoms with Gasteiger partial charge in [-0.25, -0.2) is 4.68 Å². The SMILES string of the molecule is COc1ccc(C(NC(=O)CN(C)Cc2c(C)nn(-c3ccccc3)c2C)C(C)C)cc1. The highest BCUT2D eigenvalue weighted by atomic mass is 16.5. The summed E-state index contributed by atoms with van der Waals surface area (Å²) in [7, 11) is 3.62. The number of amides is 1. The van der Waals surface area contributed by atoms with E-state index in [-0.39, 0.29) is 17.9 Å². The van der Waals surface area contributed by atoms with Crippen molar-refractivity contribution in [3.05, 3.63) is 77.1 Å². The number of benzene rings is 2. The van der Waals surface area contributed by atoms with Gasteiger partial charge in [0.1, 0.15) is 5.75 Å². The van der Waals surface area contributed by atoms with E-state index in [0.717, 1.165) is 34.0 Å². The molecule has 0 saturated heterocycles. The summed E-state index contributed by atoms with van der Waals surface area (Å²) in [5.41, 5.74) is 5.35. The molecule has 3 aromatic rings. The third-order valence-corrected chi connectivity index (χ3v) is 5.74. The number of para-hydroxylation sites is 1. The van der Waals surface area contributed by atoms with Gasteiger partial charge >= 0.3 is 0 Å². The van der Waals surface area contributed by atoms with Crippen LogP contribution in [-0.2, 0) is 11.3 Å². The van der Waals surface area contributed by atoms with Crippen molar-refractivity contribution in [2.24, 2.45) is 5.92 Å². The number of methoxy groups -OCH3 is 1. The molecule has 0 aliphatic rings. The monoisotopic (exact) mass is 434 g/mol. The van der Waals surface area contributed by atoms with Gasteiger partial charge in [0.25, 0.3) is 0 Å². The Balaban J connectivity index is 1.66. The van der Waals surface area contributed by atoms with E-state index in [1.54, 1.807) is 7.11 Å². The normalized spacial score (nSPS) is 12.2. The Morgan fingerprint density at radius 2 is 1.75 bits per heavy atom. The number of hydrogen-bond acceptors (Lipinski definition) is 4. The van der Waals surface area contributed by atoms with E-state index in [0.29, 0.717) is 13.1 Å². The number of aromatic nitrogens is 2. The molecular weight excluding hydrogens is 400 g/mol. The lowest BCUT2D eigenvalue weighted by Gasteiger charge is -2.25. The zero-order valence-corrected chi connectivity index (χ0v) is 19.9. The zero-order chi connectivity index (χ0) is 23.3. The average Bonchev–Trinajstić information content (AvgIpc) is 3.06. The molecule has 0 aliphatic carbocycles. The summed E-state index contributed by atoms with van der Waals surface area (Å²) in [4.78, 5) is 14.9. The molecule has 1 amide bonds. The van der Waals surface area contributed by atoms with Crippen molar-refractivity contribution in [1.82, 2.24) is 20.0 Å². The molecule has 1 unspecified atom stereocenters. The van der Waals surface area contributed by atoms with E-state index < -0.39 is 0 Å². The van der Waals surface area contributed by atoms with Crippen LogP contribution in [0, 0.1) is 19.8 Å². The van der Waals surface area contributed by atoms with Crippen molar-refractivity contribution in [2.75, 3.05) is 20.7 Å². The van der Waals surface area contributed by atoms with Crippen molar-refractivity contribution in [3.8, 4) is 11.4 Å². The van der Waals surface area contributed by atoms with Crippen molar-refractivity contribution < 1.29 is 9.53 Å². The molecule has 6 nitrogen and oxygen atoms in total. The van der Waals surface area contributed by atoms with Gasteiger partial charge < -0.3 is 10.1 Å². The topological polar surface area (TPSA) is 59.4 Å². The predicted molar refractivity (Wildman–Crippen MR) is 128 cm³/mol. The minimum atomic E-state index is -0.0499. The molecule has 0 radical (unpaired) electrons. The molecule has 0 fully saturated rings. The minimum Gasteiger partial charge on any atom is -0.497 e. The Kier molecular flexibility index (Phi) is 7.70. The summed E-state index contributed by atoms with van der Waals surface area (Å²) in [6.07, 6.45) is 0. The van der Waals surface area contributed by atoms with Gasteiger partial charge in [-0.2, -0.15) is 5.10 Å². The van der Waals surface area contributed by atoms with E-state index in [1.165, 1.54) is 0 Å². The fourth-order valence-corrected chi connectivity index (χ4v) is 3.96. The van der Waals surface area contributed by atoms with E-state index in [9.17, 15) is 4.79 Å². The molecule has 0 spiro atoms. The summed E-state index contributed by atoms with van der Waals surface area (Å²) >= 11 is 0. The highest BCUT2D eigenvalue weighted by Gasteiger charge is 2.20. The van der Waals surface area contributed by atoms with Crippen LogP contribution in [0.25, 0.3) is 5.69 Å². The Morgan fingerprint density at radius 3 is 2.34 bits per heavy atom. The fourth-order valence-electron chi connectivity index (χ4n) is 3.96. The van der Waals surface area contributed by atoms with E-state index in [1.807, 2.05) is 78.2 Å². The van der Waals surface area contributed by atoms with Gasteiger partial charge in [-0.1, -0.05) is 44.2 Å². The number of ether oxygens (including phenoxy) is 1. The Labute approximate surface area is 191 Å². The second kappa shape index (κ2) is 10.5. The molecule has 0 bridgehead atoms. The van der Waals surface area contributed by atoms with Crippen LogP contribution in [0.2, 0.25) is 0 Å². The standard InChI is InChI=1S/C26H34N4O2/c1-18(2)26(21-12-14-23(32-6)15-13-21)27-25(31)17-29(5)16-24-19(3)28-30(20(24)4)22-10-8-7-9-11-22/h7-15,18,26H,16-17H2,1-6H3,(H,27,31). The van der Waals surface area contributed by atoms with Crippen LogP contribution < -0.4 is 10.1 Å². The summed E-state index contributed by atoms with van der Waals surface area (Å²) in [6, 6.07) is 17.9. The van der Waals surface area contributed by atoms with Gasteiger partial charge in [-0.3, -0.25) is 9.69 Å². The van der Waals surface area contributed by atoms with Crippen LogP contribution >= 0.6 is 0 Å². The number of nitrogens with one attached hydrogen (secondary N) is 1. The highest BCUT2D eigenvalue weighted by Crippen LogP contribution is 2.24. The highest BCUT2D eigenvalue weighted by molar-refractivity contribution is 5.78. The number of nitrogens with zero attached hydrogens (tertiary/aromatic N) is 3. The molecule has 2 aromatic carbocycles. The van der Waals surface area contributed by atoms with Gasteiger partial charge in [0, 0.05) is 17.8 Å². The van der Waals surface area contributed by atoms with Gasteiger partial charge in [0.15, 0.2) is 0 Å². The van der Waals surface area contributed by atoms with Gasteiger partial charge in [-0.05, 0) is 56.6 Å². The first-order chi connectivity index (χ1) is 15.3. The zero-order valence-electron chi connectivity index (χ0n) is 19.9. The maximum atomic E-state index is 12.9. The number of aryl methyl sites for hydroxylation is 1. The first-order valence-electron chi connectivity index (χ1n) is 11.0. The average molecular weight is 435 g/mol. The number of carbonyl (C=O) groups excluding carboxylic acids is 1. The molecule has 1 aromatic heterocycles. The number of likely N-dealkylation sites (N-methyl/N-ethyl adjacent to an activating group) is 1. The summed E-state index contributed by atoms with van der Waals surface area (Å²) < 4.78 is 7.22. The predicted octanol–water partition coefficient (Wildman–Crippen LogP) is 4.44.